The highest BCUT2D eigenvalue weighted by molar-refractivity contribution is 7.23. The zero-order chi connectivity index (χ0) is 13.0. The van der Waals surface area contributed by atoms with Gasteiger partial charge in [-0.3, -0.25) is 0 Å². The Hall–Kier alpha value is -1.01. The van der Waals surface area contributed by atoms with Crippen molar-refractivity contribution in [1.29, 1.82) is 0 Å². The largest absolute Gasteiger partial charge is 0.360 e. The van der Waals surface area contributed by atoms with E-state index in [0.29, 0.717) is 0 Å². The van der Waals surface area contributed by atoms with Gasteiger partial charge in [-0.1, -0.05) is 25.2 Å². The summed E-state index contributed by atoms with van der Waals surface area (Å²) in [4.78, 5) is 5.75. The molecule has 4 nitrogen and oxygen atoms in total. The Morgan fingerprint density at radius 1 is 1.11 bits per heavy atom. The molecule has 0 saturated heterocycles. The first-order valence-corrected chi connectivity index (χ1v) is 7.92. The van der Waals surface area contributed by atoms with Gasteiger partial charge in [0, 0.05) is 6.54 Å². The Kier molecular flexibility index (Phi) is 4.66. The zero-order valence-electron chi connectivity index (χ0n) is 11.0. The molecule has 98 valence electrons. The molecule has 0 saturated carbocycles. The van der Waals surface area contributed by atoms with Crippen LogP contribution in [0.25, 0.3) is 9.88 Å². The van der Waals surface area contributed by atoms with E-state index >= 15 is 0 Å². The number of rotatable bonds is 6. The minimum absolute atomic E-state index is 0.900. The molecule has 1 N–H and O–H groups in total. The van der Waals surface area contributed by atoms with Crippen LogP contribution in [0.4, 0.5) is 5.13 Å². The van der Waals surface area contributed by atoms with Crippen LogP contribution in [0.3, 0.4) is 0 Å². The van der Waals surface area contributed by atoms with E-state index in [9.17, 15) is 0 Å². The summed E-state index contributed by atoms with van der Waals surface area (Å²) in [7, 11) is 0. The molecule has 18 heavy (non-hydrogen) atoms. The van der Waals surface area contributed by atoms with Gasteiger partial charge in [-0.25, -0.2) is 4.98 Å². The lowest BCUT2D eigenvalue weighted by atomic mass is 10.3. The lowest BCUT2D eigenvalue weighted by Crippen LogP contribution is -1.98. The highest BCUT2D eigenvalue weighted by atomic mass is 32.1. The lowest BCUT2D eigenvalue weighted by molar-refractivity contribution is 0.903. The summed E-state index contributed by atoms with van der Waals surface area (Å²) in [6, 6.07) is 0. The zero-order valence-corrected chi connectivity index (χ0v) is 12.6. The summed E-state index contributed by atoms with van der Waals surface area (Å²) in [6.45, 7) is 7.30. The van der Waals surface area contributed by atoms with Crippen LogP contribution >= 0.6 is 22.7 Å². The molecule has 0 fully saturated rings. The Morgan fingerprint density at radius 3 is 2.67 bits per heavy atom. The predicted octanol–water partition coefficient (Wildman–Crippen LogP) is 3.74. The number of hydrogen-bond acceptors (Lipinski definition) is 6. The first kappa shape index (κ1) is 13.4. The van der Waals surface area contributed by atoms with Crippen LogP contribution in [0.15, 0.2) is 0 Å². The third-order valence-corrected chi connectivity index (χ3v) is 4.70. The van der Waals surface area contributed by atoms with Gasteiger partial charge >= 0.3 is 0 Å². The highest BCUT2D eigenvalue weighted by Crippen LogP contribution is 2.33. The van der Waals surface area contributed by atoms with Gasteiger partial charge in [-0.15, -0.1) is 21.5 Å². The minimum atomic E-state index is 0.900. The number of anilines is 1. The summed E-state index contributed by atoms with van der Waals surface area (Å²) in [5.41, 5.74) is 1.07. The van der Waals surface area contributed by atoms with Crippen molar-refractivity contribution in [2.24, 2.45) is 0 Å². The smallest absolute Gasteiger partial charge is 0.206 e. The fourth-order valence-corrected chi connectivity index (χ4v) is 3.65. The fourth-order valence-electron chi connectivity index (χ4n) is 1.59. The quantitative estimate of drug-likeness (QED) is 0.876. The molecule has 2 aromatic heterocycles. The number of aryl methyl sites for hydroxylation is 2. The van der Waals surface area contributed by atoms with Crippen LogP contribution in [-0.4, -0.2) is 21.7 Å². The van der Waals surface area contributed by atoms with Crippen molar-refractivity contribution in [3.05, 3.63) is 10.7 Å². The number of aromatic nitrogens is 3. The number of hydrogen-bond donors (Lipinski definition) is 1. The first-order valence-electron chi connectivity index (χ1n) is 6.28. The van der Waals surface area contributed by atoms with Crippen molar-refractivity contribution in [3.63, 3.8) is 0 Å². The molecule has 0 atom stereocenters. The Labute approximate surface area is 116 Å². The van der Waals surface area contributed by atoms with Gasteiger partial charge in [0.15, 0.2) is 5.01 Å². The van der Waals surface area contributed by atoms with E-state index < -0.39 is 0 Å². The van der Waals surface area contributed by atoms with E-state index in [1.807, 2.05) is 6.92 Å². The van der Waals surface area contributed by atoms with Crippen molar-refractivity contribution < 1.29 is 0 Å². The molecule has 2 rings (SSSR count). The minimum Gasteiger partial charge on any atom is -0.360 e. The molecular formula is C12H18N4S2. The molecule has 0 spiro atoms. The summed E-state index contributed by atoms with van der Waals surface area (Å²) >= 11 is 3.35. The van der Waals surface area contributed by atoms with Crippen LogP contribution in [0.5, 0.6) is 0 Å². The summed E-state index contributed by atoms with van der Waals surface area (Å²) in [6.07, 6.45) is 3.27. The predicted molar refractivity (Wildman–Crippen MR) is 78.5 cm³/mol. The second kappa shape index (κ2) is 6.24. The summed E-state index contributed by atoms with van der Waals surface area (Å²) < 4.78 is 0. The second-order valence-electron chi connectivity index (χ2n) is 4.11. The van der Waals surface area contributed by atoms with Gasteiger partial charge < -0.3 is 5.32 Å². The van der Waals surface area contributed by atoms with Crippen LogP contribution < -0.4 is 5.32 Å². The second-order valence-corrected chi connectivity index (χ2v) is 6.17. The van der Waals surface area contributed by atoms with E-state index in [1.165, 1.54) is 9.88 Å². The summed E-state index contributed by atoms with van der Waals surface area (Å²) in [5.74, 6) is 0. The molecule has 2 heterocycles. The molecule has 0 aliphatic rings. The van der Waals surface area contributed by atoms with Crippen molar-refractivity contribution >= 4 is 27.8 Å². The van der Waals surface area contributed by atoms with Crippen LogP contribution in [0.2, 0.25) is 0 Å². The van der Waals surface area contributed by atoms with Crippen molar-refractivity contribution in [2.45, 2.75) is 40.0 Å². The molecule has 0 aromatic carbocycles. The Bertz CT molecular complexity index is 504. The molecule has 0 radical (unpaired) electrons. The monoisotopic (exact) mass is 282 g/mol. The van der Waals surface area contributed by atoms with E-state index in [-0.39, 0.29) is 0 Å². The fraction of sp³-hybridized carbons (Fsp3) is 0.583. The molecule has 0 aliphatic carbocycles. The SMILES string of the molecule is CCCNc1nnc(-c2sc(CCC)nc2C)s1. The van der Waals surface area contributed by atoms with E-state index in [2.05, 4.69) is 34.3 Å². The van der Waals surface area contributed by atoms with E-state index in [4.69, 9.17) is 0 Å². The molecule has 0 amide bonds. The average Bonchev–Trinajstić information content (AvgIpc) is 2.94. The molecular weight excluding hydrogens is 264 g/mol. The van der Waals surface area contributed by atoms with Crippen LogP contribution in [0, 0.1) is 6.92 Å². The molecule has 0 aliphatic heterocycles. The van der Waals surface area contributed by atoms with Gasteiger partial charge in [0.2, 0.25) is 5.13 Å². The van der Waals surface area contributed by atoms with Gasteiger partial charge in [0.1, 0.15) is 0 Å². The molecule has 2 aromatic rings. The number of nitrogens with zero attached hydrogens (tertiary/aromatic N) is 3. The number of thiazole rings is 1. The van der Waals surface area contributed by atoms with Gasteiger partial charge in [0.25, 0.3) is 0 Å². The maximum atomic E-state index is 4.59. The highest BCUT2D eigenvalue weighted by Gasteiger charge is 2.13. The topological polar surface area (TPSA) is 50.7 Å². The van der Waals surface area contributed by atoms with Crippen molar-refractivity contribution in [3.8, 4) is 9.88 Å². The molecule has 6 heteroatoms. The van der Waals surface area contributed by atoms with Gasteiger partial charge in [0.05, 0.1) is 15.6 Å². The maximum absolute atomic E-state index is 4.59. The van der Waals surface area contributed by atoms with Crippen LogP contribution in [-0.2, 0) is 6.42 Å². The number of nitrogens with one attached hydrogen (secondary N) is 1. The van der Waals surface area contributed by atoms with Crippen molar-refractivity contribution in [1.82, 2.24) is 15.2 Å². The van der Waals surface area contributed by atoms with E-state index in [1.54, 1.807) is 22.7 Å². The van der Waals surface area contributed by atoms with Gasteiger partial charge in [-0.05, 0) is 26.2 Å². The first-order chi connectivity index (χ1) is 8.74. The lowest BCUT2D eigenvalue weighted by Gasteiger charge is -1.95. The standard InChI is InChI=1S/C12H18N4S2/c1-4-6-9-14-8(3)10(17-9)11-15-16-12(18-11)13-7-5-2/h4-7H2,1-3H3,(H,13,16). The summed E-state index contributed by atoms with van der Waals surface area (Å²) in [5, 5.41) is 14.8. The van der Waals surface area contributed by atoms with E-state index in [0.717, 1.165) is 41.6 Å². The third-order valence-electron chi connectivity index (χ3n) is 2.45. The van der Waals surface area contributed by atoms with Crippen molar-refractivity contribution in [2.75, 3.05) is 11.9 Å². The molecule has 0 unspecified atom stereocenters. The average molecular weight is 282 g/mol. The van der Waals surface area contributed by atoms with Gasteiger partial charge in [-0.2, -0.15) is 0 Å². The molecule has 0 bridgehead atoms. The normalized spacial score (nSPS) is 10.8. The maximum Gasteiger partial charge on any atom is 0.206 e. The third kappa shape index (κ3) is 3.05. The van der Waals surface area contributed by atoms with Crippen LogP contribution in [0.1, 0.15) is 37.4 Å². The Morgan fingerprint density at radius 2 is 1.94 bits per heavy atom. The Balaban J connectivity index is 2.17.